The molecule has 1 amide bonds. The summed E-state index contributed by atoms with van der Waals surface area (Å²) in [5, 5.41) is 5.32. The number of hydrogen-bond acceptors (Lipinski definition) is 5. The van der Waals surface area contributed by atoms with Crippen LogP contribution in [0.15, 0.2) is 34.1 Å². The van der Waals surface area contributed by atoms with Crippen molar-refractivity contribution < 1.29 is 9.53 Å². The number of hydrogen-bond donors (Lipinski definition) is 2. The van der Waals surface area contributed by atoms with Crippen LogP contribution in [-0.4, -0.2) is 29.6 Å². The van der Waals surface area contributed by atoms with Gasteiger partial charge in [-0.25, -0.2) is 4.98 Å². The molecule has 1 saturated heterocycles. The summed E-state index contributed by atoms with van der Waals surface area (Å²) in [6.45, 7) is 1.04. The lowest BCUT2D eigenvalue weighted by Crippen LogP contribution is -2.54. The van der Waals surface area contributed by atoms with E-state index in [9.17, 15) is 4.79 Å². The smallest absolute Gasteiger partial charge is 0.246 e. The average molecular weight is 382 g/mol. The van der Waals surface area contributed by atoms with Gasteiger partial charge in [0.2, 0.25) is 5.91 Å². The molecule has 3 N–H and O–H groups in total. The topological polar surface area (TPSA) is 77.2 Å². The van der Waals surface area contributed by atoms with Gasteiger partial charge < -0.3 is 15.8 Å². The van der Waals surface area contributed by atoms with Crippen LogP contribution < -0.4 is 11.1 Å². The Balaban J connectivity index is 1.71. The Labute approximate surface area is 141 Å². The third kappa shape index (κ3) is 3.38. The van der Waals surface area contributed by atoms with Crippen molar-refractivity contribution in [2.75, 3.05) is 18.5 Å². The molecule has 22 heavy (non-hydrogen) atoms. The number of thiazole rings is 1. The molecular formula is C15H16BrN3O2S. The average Bonchev–Trinajstić information content (AvgIpc) is 2.97. The quantitative estimate of drug-likeness (QED) is 0.856. The van der Waals surface area contributed by atoms with Crippen molar-refractivity contribution in [3.63, 3.8) is 0 Å². The van der Waals surface area contributed by atoms with E-state index < -0.39 is 5.54 Å². The van der Waals surface area contributed by atoms with E-state index in [4.69, 9.17) is 10.5 Å². The van der Waals surface area contributed by atoms with Crippen molar-refractivity contribution in [3.05, 3.63) is 34.1 Å². The number of aromatic nitrogens is 1. The second kappa shape index (κ2) is 6.45. The Bertz CT molecular complexity index is 666. The van der Waals surface area contributed by atoms with Crippen molar-refractivity contribution >= 4 is 38.3 Å². The third-order valence-electron chi connectivity index (χ3n) is 3.70. The van der Waals surface area contributed by atoms with Gasteiger partial charge in [-0.2, -0.15) is 0 Å². The second-order valence-electron chi connectivity index (χ2n) is 5.27. The Kier molecular flexibility index (Phi) is 4.58. The Morgan fingerprint density at radius 1 is 1.32 bits per heavy atom. The standard InChI is InChI=1S/C15H16BrN3O2S/c16-11-3-1-10(2-4-11)12-9-22-14(18-12)19-13(20)15(17)5-7-21-8-6-15/h1-4,9H,5-8,17H2,(H,18,19,20). The molecular weight excluding hydrogens is 366 g/mol. The first-order chi connectivity index (χ1) is 10.6. The normalized spacial score (nSPS) is 17.2. The number of carbonyl (C=O) groups excluding carboxylic acids is 1. The van der Waals surface area contributed by atoms with Gasteiger partial charge in [0.1, 0.15) is 5.54 Å². The Hall–Kier alpha value is -1.28. The summed E-state index contributed by atoms with van der Waals surface area (Å²) in [5.41, 5.74) is 7.15. The van der Waals surface area contributed by atoms with E-state index in [-0.39, 0.29) is 5.91 Å². The molecule has 2 aromatic rings. The molecule has 0 aliphatic carbocycles. The third-order valence-corrected chi connectivity index (χ3v) is 4.99. The van der Waals surface area contributed by atoms with Crippen LogP contribution in [-0.2, 0) is 9.53 Å². The first-order valence-corrected chi connectivity index (χ1v) is 8.64. The lowest BCUT2D eigenvalue weighted by atomic mass is 9.90. The number of nitrogens with one attached hydrogen (secondary N) is 1. The van der Waals surface area contributed by atoms with Crippen molar-refractivity contribution in [2.45, 2.75) is 18.4 Å². The maximum Gasteiger partial charge on any atom is 0.246 e. The lowest BCUT2D eigenvalue weighted by molar-refractivity contribution is -0.124. The van der Waals surface area contributed by atoms with Gasteiger partial charge in [0, 0.05) is 28.6 Å². The highest BCUT2D eigenvalue weighted by Crippen LogP contribution is 2.27. The van der Waals surface area contributed by atoms with Crippen molar-refractivity contribution in [2.24, 2.45) is 5.73 Å². The predicted molar refractivity (Wildman–Crippen MR) is 90.9 cm³/mol. The molecule has 0 atom stereocenters. The van der Waals surface area contributed by atoms with E-state index in [1.807, 2.05) is 29.6 Å². The minimum absolute atomic E-state index is 0.187. The summed E-state index contributed by atoms with van der Waals surface area (Å²) < 4.78 is 6.28. The minimum atomic E-state index is -0.859. The van der Waals surface area contributed by atoms with E-state index in [0.717, 1.165) is 15.7 Å². The number of ether oxygens (including phenoxy) is 1. The summed E-state index contributed by atoms with van der Waals surface area (Å²) >= 11 is 4.81. The maximum absolute atomic E-state index is 12.3. The first kappa shape index (κ1) is 15.6. The van der Waals surface area contributed by atoms with Crippen molar-refractivity contribution in [3.8, 4) is 11.3 Å². The zero-order valence-corrected chi connectivity index (χ0v) is 14.2. The minimum Gasteiger partial charge on any atom is -0.381 e. The maximum atomic E-state index is 12.3. The van der Waals surface area contributed by atoms with Crippen LogP contribution in [0.4, 0.5) is 5.13 Å². The number of anilines is 1. The highest BCUT2D eigenvalue weighted by molar-refractivity contribution is 9.10. The molecule has 1 aliphatic heterocycles. The fourth-order valence-corrected chi connectivity index (χ4v) is 3.25. The molecule has 0 unspecified atom stereocenters. The first-order valence-electron chi connectivity index (χ1n) is 6.96. The van der Waals surface area contributed by atoms with E-state index in [1.54, 1.807) is 0 Å². The van der Waals surface area contributed by atoms with Crippen LogP contribution in [0.1, 0.15) is 12.8 Å². The van der Waals surface area contributed by atoms with Gasteiger partial charge in [-0.15, -0.1) is 11.3 Å². The molecule has 0 saturated carbocycles. The van der Waals surface area contributed by atoms with Gasteiger partial charge in [-0.05, 0) is 25.0 Å². The summed E-state index contributed by atoms with van der Waals surface area (Å²) in [6.07, 6.45) is 1.06. The molecule has 1 aromatic carbocycles. The predicted octanol–water partition coefficient (Wildman–Crippen LogP) is 3.02. The number of nitrogens with two attached hydrogens (primary N) is 1. The van der Waals surface area contributed by atoms with Gasteiger partial charge in [0.05, 0.1) is 5.69 Å². The highest BCUT2D eigenvalue weighted by atomic mass is 79.9. The van der Waals surface area contributed by atoms with Gasteiger partial charge >= 0.3 is 0 Å². The van der Waals surface area contributed by atoms with E-state index in [2.05, 4.69) is 26.2 Å². The van der Waals surface area contributed by atoms with E-state index in [0.29, 0.717) is 31.2 Å². The molecule has 0 radical (unpaired) electrons. The zero-order chi connectivity index (χ0) is 15.6. The molecule has 1 aromatic heterocycles. The molecule has 7 heteroatoms. The van der Waals surface area contributed by atoms with Crippen LogP contribution in [0.2, 0.25) is 0 Å². The monoisotopic (exact) mass is 381 g/mol. The van der Waals surface area contributed by atoms with Gasteiger partial charge in [-0.3, -0.25) is 4.79 Å². The van der Waals surface area contributed by atoms with E-state index >= 15 is 0 Å². The summed E-state index contributed by atoms with van der Waals surface area (Å²) in [6, 6.07) is 7.88. The van der Waals surface area contributed by atoms with Crippen molar-refractivity contribution in [1.82, 2.24) is 4.98 Å². The number of carbonyl (C=O) groups is 1. The summed E-state index contributed by atoms with van der Waals surface area (Å²) in [4.78, 5) is 16.8. The molecule has 1 aliphatic rings. The Morgan fingerprint density at radius 3 is 2.68 bits per heavy atom. The van der Waals surface area contributed by atoms with Gasteiger partial charge in [0.25, 0.3) is 0 Å². The molecule has 0 bridgehead atoms. The fraction of sp³-hybridized carbons (Fsp3) is 0.333. The molecule has 116 valence electrons. The summed E-state index contributed by atoms with van der Waals surface area (Å²) in [7, 11) is 0. The van der Waals surface area contributed by atoms with Crippen LogP contribution in [0.25, 0.3) is 11.3 Å². The van der Waals surface area contributed by atoms with Crippen LogP contribution in [0, 0.1) is 0 Å². The van der Waals surface area contributed by atoms with Crippen LogP contribution in [0.3, 0.4) is 0 Å². The zero-order valence-electron chi connectivity index (χ0n) is 11.8. The Morgan fingerprint density at radius 2 is 2.00 bits per heavy atom. The van der Waals surface area contributed by atoms with Gasteiger partial charge in [0.15, 0.2) is 5.13 Å². The van der Waals surface area contributed by atoms with Crippen LogP contribution in [0.5, 0.6) is 0 Å². The summed E-state index contributed by atoms with van der Waals surface area (Å²) in [5.74, 6) is -0.187. The largest absolute Gasteiger partial charge is 0.381 e. The highest BCUT2D eigenvalue weighted by Gasteiger charge is 2.36. The number of halogens is 1. The van der Waals surface area contributed by atoms with Crippen molar-refractivity contribution in [1.29, 1.82) is 0 Å². The fourth-order valence-electron chi connectivity index (χ4n) is 2.27. The lowest BCUT2D eigenvalue weighted by Gasteiger charge is -2.31. The molecule has 3 rings (SSSR count). The number of benzene rings is 1. The SMILES string of the molecule is NC1(C(=O)Nc2nc(-c3ccc(Br)cc3)cs2)CCOCC1. The van der Waals surface area contributed by atoms with Crippen LogP contribution >= 0.6 is 27.3 Å². The molecule has 1 fully saturated rings. The van der Waals surface area contributed by atoms with E-state index in [1.165, 1.54) is 11.3 Å². The number of nitrogens with zero attached hydrogens (tertiary/aromatic N) is 1. The second-order valence-corrected chi connectivity index (χ2v) is 7.04. The molecule has 0 spiro atoms. The number of amides is 1. The number of rotatable bonds is 3. The molecule has 5 nitrogen and oxygen atoms in total. The van der Waals surface area contributed by atoms with Gasteiger partial charge in [-0.1, -0.05) is 28.1 Å². The molecule has 2 heterocycles.